The second kappa shape index (κ2) is 6.88. The van der Waals surface area contributed by atoms with E-state index in [1.807, 2.05) is 6.92 Å². The Hall–Kier alpha value is -1.36. The summed E-state index contributed by atoms with van der Waals surface area (Å²) in [5.41, 5.74) is -0.157. The summed E-state index contributed by atoms with van der Waals surface area (Å²) >= 11 is 0. The molecule has 0 unspecified atom stereocenters. The van der Waals surface area contributed by atoms with Crippen molar-refractivity contribution in [2.75, 3.05) is 18.5 Å². The van der Waals surface area contributed by atoms with Crippen molar-refractivity contribution >= 4 is 5.82 Å². The Morgan fingerprint density at radius 1 is 1.40 bits per heavy atom. The molecule has 0 amide bonds. The number of anilines is 1. The van der Waals surface area contributed by atoms with E-state index in [2.05, 4.69) is 10.3 Å². The number of aliphatic hydroxyl groups excluding tert-OH is 1. The van der Waals surface area contributed by atoms with Gasteiger partial charge in [0.1, 0.15) is 0 Å². The average Bonchev–Trinajstić information content (AvgIpc) is 2.49. The van der Waals surface area contributed by atoms with Crippen LogP contribution in [0, 0.1) is 5.41 Å². The molecule has 2 rings (SSSR count). The molecule has 20 heavy (non-hydrogen) atoms. The van der Waals surface area contributed by atoms with Crippen LogP contribution in [-0.2, 0) is 6.54 Å². The highest BCUT2D eigenvalue weighted by Crippen LogP contribution is 2.35. The number of nitrogens with zero attached hydrogens (tertiary/aromatic N) is 2. The molecular weight excluding hydrogens is 254 g/mol. The quantitative estimate of drug-likeness (QED) is 0.836. The SMILES string of the molecule is CCCn1ccnc(NCC2(CO)CCCCC2)c1=O. The maximum absolute atomic E-state index is 12.2. The summed E-state index contributed by atoms with van der Waals surface area (Å²) in [5, 5.41) is 12.9. The van der Waals surface area contributed by atoms with Crippen LogP contribution in [-0.4, -0.2) is 27.8 Å². The largest absolute Gasteiger partial charge is 0.396 e. The molecule has 1 aromatic heterocycles. The lowest BCUT2D eigenvalue weighted by Crippen LogP contribution is -2.37. The number of hydrogen-bond donors (Lipinski definition) is 2. The minimum atomic E-state index is -0.0855. The molecule has 2 N–H and O–H groups in total. The smallest absolute Gasteiger partial charge is 0.293 e. The van der Waals surface area contributed by atoms with Crippen LogP contribution in [0.15, 0.2) is 17.2 Å². The van der Waals surface area contributed by atoms with E-state index in [1.54, 1.807) is 17.0 Å². The Morgan fingerprint density at radius 3 is 2.80 bits per heavy atom. The molecule has 0 aliphatic heterocycles. The van der Waals surface area contributed by atoms with Gasteiger partial charge < -0.3 is 15.0 Å². The molecule has 1 saturated carbocycles. The molecule has 0 atom stereocenters. The fourth-order valence-electron chi connectivity index (χ4n) is 2.95. The lowest BCUT2D eigenvalue weighted by atomic mass is 9.74. The van der Waals surface area contributed by atoms with Crippen LogP contribution in [0.3, 0.4) is 0 Å². The molecule has 0 radical (unpaired) electrons. The third-order valence-corrected chi connectivity index (χ3v) is 4.26. The monoisotopic (exact) mass is 279 g/mol. The molecular formula is C15H25N3O2. The van der Waals surface area contributed by atoms with E-state index in [4.69, 9.17) is 0 Å². The van der Waals surface area contributed by atoms with Gasteiger partial charge >= 0.3 is 0 Å². The summed E-state index contributed by atoms with van der Waals surface area (Å²) in [6, 6.07) is 0. The van der Waals surface area contributed by atoms with E-state index in [0.29, 0.717) is 18.9 Å². The first kappa shape index (κ1) is 15.0. The van der Waals surface area contributed by atoms with Gasteiger partial charge in [-0.15, -0.1) is 0 Å². The van der Waals surface area contributed by atoms with Gasteiger partial charge in [0.05, 0.1) is 6.61 Å². The maximum Gasteiger partial charge on any atom is 0.293 e. The van der Waals surface area contributed by atoms with E-state index in [9.17, 15) is 9.90 Å². The van der Waals surface area contributed by atoms with Crippen molar-refractivity contribution in [2.45, 2.75) is 52.0 Å². The average molecular weight is 279 g/mol. The van der Waals surface area contributed by atoms with Crippen LogP contribution in [0.1, 0.15) is 45.4 Å². The van der Waals surface area contributed by atoms with Gasteiger partial charge in [0.2, 0.25) is 0 Å². The zero-order valence-electron chi connectivity index (χ0n) is 12.3. The second-order valence-corrected chi connectivity index (χ2v) is 5.85. The van der Waals surface area contributed by atoms with Crippen molar-refractivity contribution in [1.29, 1.82) is 0 Å². The molecule has 0 saturated heterocycles. The zero-order valence-corrected chi connectivity index (χ0v) is 12.3. The van der Waals surface area contributed by atoms with E-state index >= 15 is 0 Å². The van der Waals surface area contributed by atoms with Crippen molar-refractivity contribution in [1.82, 2.24) is 9.55 Å². The van der Waals surface area contributed by atoms with E-state index < -0.39 is 0 Å². The van der Waals surface area contributed by atoms with E-state index in [-0.39, 0.29) is 17.6 Å². The first-order valence-electron chi connectivity index (χ1n) is 7.61. The number of rotatable bonds is 6. The fraction of sp³-hybridized carbons (Fsp3) is 0.733. The Balaban J connectivity index is 2.06. The van der Waals surface area contributed by atoms with Crippen molar-refractivity contribution < 1.29 is 5.11 Å². The number of nitrogens with one attached hydrogen (secondary N) is 1. The summed E-state index contributed by atoms with van der Waals surface area (Å²) < 4.78 is 1.68. The summed E-state index contributed by atoms with van der Waals surface area (Å²) in [7, 11) is 0. The summed E-state index contributed by atoms with van der Waals surface area (Å²) in [6.45, 7) is 3.56. The lowest BCUT2D eigenvalue weighted by molar-refractivity contribution is 0.0943. The van der Waals surface area contributed by atoms with Crippen LogP contribution < -0.4 is 10.9 Å². The van der Waals surface area contributed by atoms with Gasteiger partial charge in [-0.3, -0.25) is 4.79 Å². The predicted molar refractivity (Wildman–Crippen MR) is 79.9 cm³/mol. The molecule has 1 aliphatic rings. The third-order valence-electron chi connectivity index (χ3n) is 4.26. The van der Waals surface area contributed by atoms with Gasteiger partial charge in [-0.2, -0.15) is 0 Å². The van der Waals surface area contributed by atoms with E-state index in [0.717, 1.165) is 32.1 Å². The van der Waals surface area contributed by atoms with Crippen LogP contribution in [0.5, 0.6) is 0 Å². The van der Waals surface area contributed by atoms with Crippen LogP contribution in [0.2, 0.25) is 0 Å². The molecule has 1 heterocycles. The van der Waals surface area contributed by atoms with E-state index in [1.165, 1.54) is 6.42 Å². The highest BCUT2D eigenvalue weighted by molar-refractivity contribution is 5.31. The number of aliphatic hydroxyl groups is 1. The summed E-state index contributed by atoms with van der Waals surface area (Å²) in [5.74, 6) is 0.402. The second-order valence-electron chi connectivity index (χ2n) is 5.85. The Bertz CT molecular complexity index is 478. The van der Waals surface area contributed by atoms with Gasteiger partial charge in [-0.1, -0.05) is 26.2 Å². The van der Waals surface area contributed by atoms with Gasteiger partial charge in [0.25, 0.3) is 5.56 Å². The Kier molecular flexibility index (Phi) is 5.17. The molecule has 5 nitrogen and oxygen atoms in total. The number of aromatic nitrogens is 2. The van der Waals surface area contributed by atoms with Crippen LogP contribution in [0.25, 0.3) is 0 Å². The molecule has 5 heteroatoms. The molecule has 0 aromatic carbocycles. The van der Waals surface area contributed by atoms with Gasteiger partial charge in [-0.05, 0) is 19.3 Å². The lowest BCUT2D eigenvalue weighted by Gasteiger charge is -2.35. The fourth-order valence-corrected chi connectivity index (χ4v) is 2.95. The first-order chi connectivity index (χ1) is 9.71. The van der Waals surface area contributed by atoms with Crippen molar-refractivity contribution in [3.05, 3.63) is 22.7 Å². The topological polar surface area (TPSA) is 67.2 Å². The molecule has 0 spiro atoms. The minimum absolute atomic E-state index is 0.0711. The third kappa shape index (κ3) is 3.39. The highest BCUT2D eigenvalue weighted by atomic mass is 16.3. The molecule has 1 aromatic rings. The number of hydrogen-bond acceptors (Lipinski definition) is 4. The van der Waals surface area contributed by atoms with Crippen LogP contribution >= 0.6 is 0 Å². The normalized spacial score (nSPS) is 17.9. The summed E-state index contributed by atoms with van der Waals surface area (Å²) in [4.78, 5) is 16.3. The molecule has 1 fully saturated rings. The summed E-state index contributed by atoms with van der Waals surface area (Å²) in [6.07, 6.45) is 9.90. The number of aryl methyl sites for hydroxylation is 1. The molecule has 112 valence electrons. The predicted octanol–water partition coefficient (Wildman–Crippen LogP) is 2.01. The Labute approximate surface area is 120 Å². The highest BCUT2D eigenvalue weighted by Gasteiger charge is 2.31. The van der Waals surface area contributed by atoms with Gasteiger partial charge in [-0.25, -0.2) is 4.98 Å². The standard InChI is InChI=1S/C15H25N3O2/c1-2-9-18-10-8-16-13(14(18)20)17-11-15(12-19)6-4-3-5-7-15/h8,10,19H,2-7,9,11-12H2,1H3,(H,16,17). The van der Waals surface area contributed by atoms with Gasteiger partial charge in [0.15, 0.2) is 5.82 Å². The van der Waals surface area contributed by atoms with Crippen LogP contribution in [0.4, 0.5) is 5.82 Å². The van der Waals surface area contributed by atoms with Crippen molar-refractivity contribution in [3.8, 4) is 0 Å². The molecule has 1 aliphatic carbocycles. The zero-order chi connectivity index (χ0) is 14.4. The Morgan fingerprint density at radius 2 is 2.15 bits per heavy atom. The van der Waals surface area contributed by atoms with Crippen molar-refractivity contribution in [2.24, 2.45) is 5.41 Å². The van der Waals surface area contributed by atoms with Crippen molar-refractivity contribution in [3.63, 3.8) is 0 Å². The first-order valence-corrected chi connectivity index (χ1v) is 7.61. The maximum atomic E-state index is 12.2. The molecule has 0 bridgehead atoms. The van der Waals surface area contributed by atoms with Gasteiger partial charge in [0, 0.05) is 30.9 Å². The minimum Gasteiger partial charge on any atom is -0.396 e.